The van der Waals surface area contributed by atoms with Gasteiger partial charge in [0, 0.05) is 38.1 Å². The van der Waals surface area contributed by atoms with Gasteiger partial charge in [-0.05, 0) is 26.3 Å². The summed E-state index contributed by atoms with van der Waals surface area (Å²) in [5.74, 6) is 1.20. The number of fused-ring (bicyclic) bond motifs is 1. The van der Waals surface area contributed by atoms with Crippen molar-refractivity contribution in [1.82, 2.24) is 24.6 Å². The van der Waals surface area contributed by atoms with Crippen LogP contribution in [0.25, 0.3) is 10.2 Å². The minimum atomic E-state index is -0.362. The Kier molecular flexibility index (Phi) is 4.87. The largest absolute Gasteiger partial charge is 0.349 e. The molecule has 29 heavy (non-hydrogen) atoms. The number of aromatic nitrogens is 4. The van der Waals surface area contributed by atoms with Gasteiger partial charge in [0.15, 0.2) is 0 Å². The molecular formula is C18H23N7O3S. The van der Waals surface area contributed by atoms with E-state index in [-0.39, 0.29) is 16.2 Å². The Morgan fingerprint density at radius 3 is 2.55 bits per heavy atom. The van der Waals surface area contributed by atoms with Crippen molar-refractivity contribution in [3.63, 3.8) is 0 Å². The van der Waals surface area contributed by atoms with Crippen LogP contribution >= 0.6 is 11.3 Å². The lowest BCUT2D eigenvalue weighted by Crippen LogP contribution is -2.47. The number of piperazine rings is 1. The van der Waals surface area contributed by atoms with Crippen LogP contribution in [0, 0.1) is 30.9 Å². The van der Waals surface area contributed by atoms with E-state index in [0.717, 1.165) is 15.3 Å². The molecule has 0 atom stereocenters. The predicted octanol–water partition coefficient (Wildman–Crippen LogP) is 1.87. The molecule has 1 aliphatic rings. The van der Waals surface area contributed by atoms with E-state index in [0.29, 0.717) is 55.4 Å². The van der Waals surface area contributed by atoms with Crippen molar-refractivity contribution in [3.05, 3.63) is 42.4 Å². The van der Waals surface area contributed by atoms with Crippen molar-refractivity contribution >= 4 is 33.1 Å². The van der Waals surface area contributed by atoms with Gasteiger partial charge in [-0.3, -0.25) is 19.8 Å². The second-order valence-corrected chi connectivity index (χ2v) is 8.58. The van der Waals surface area contributed by atoms with Gasteiger partial charge in [-0.1, -0.05) is 0 Å². The van der Waals surface area contributed by atoms with E-state index in [4.69, 9.17) is 0 Å². The van der Waals surface area contributed by atoms with Crippen LogP contribution in [0.1, 0.15) is 22.0 Å². The van der Waals surface area contributed by atoms with E-state index in [1.165, 1.54) is 0 Å². The molecule has 0 aromatic carbocycles. The zero-order chi connectivity index (χ0) is 20.9. The fourth-order valence-electron chi connectivity index (χ4n) is 3.91. The number of thiophene rings is 1. The summed E-state index contributed by atoms with van der Waals surface area (Å²) in [6.07, 6.45) is 0. The number of rotatable bonds is 4. The summed E-state index contributed by atoms with van der Waals surface area (Å²) >= 11 is 1.54. The lowest BCUT2D eigenvalue weighted by molar-refractivity contribution is -0.384. The molecule has 3 aromatic heterocycles. The monoisotopic (exact) mass is 417 g/mol. The molecule has 1 N–H and O–H groups in total. The smallest absolute Gasteiger partial charge is 0.333 e. The maximum atomic E-state index is 12.5. The number of hydrogen-bond donors (Lipinski definition) is 1. The summed E-state index contributed by atoms with van der Waals surface area (Å²) in [7, 11) is 1.73. The number of aryl methyl sites for hydroxylation is 4. The molecule has 1 saturated heterocycles. The number of nitrogens with one attached hydrogen (secondary N) is 1. The van der Waals surface area contributed by atoms with Crippen LogP contribution in [0.2, 0.25) is 0 Å². The Morgan fingerprint density at radius 2 is 1.90 bits per heavy atom. The molecule has 11 heteroatoms. The summed E-state index contributed by atoms with van der Waals surface area (Å²) in [5.41, 5.74) is 1.39. The number of aromatic amines is 1. The molecule has 4 heterocycles. The first-order valence-electron chi connectivity index (χ1n) is 9.40. The second-order valence-electron chi connectivity index (χ2n) is 7.38. The van der Waals surface area contributed by atoms with Crippen molar-refractivity contribution in [2.45, 2.75) is 27.3 Å². The molecule has 0 unspecified atom stereocenters. The van der Waals surface area contributed by atoms with Crippen LogP contribution in [-0.2, 0) is 13.6 Å². The van der Waals surface area contributed by atoms with Gasteiger partial charge >= 0.3 is 5.69 Å². The average Bonchev–Trinajstić information content (AvgIpc) is 3.11. The quantitative estimate of drug-likeness (QED) is 0.509. The molecule has 4 rings (SSSR count). The third kappa shape index (κ3) is 3.40. The van der Waals surface area contributed by atoms with Crippen LogP contribution < -0.4 is 10.5 Å². The summed E-state index contributed by atoms with van der Waals surface area (Å²) in [5, 5.41) is 16.3. The summed E-state index contributed by atoms with van der Waals surface area (Å²) in [6.45, 7) is 8.86. The summed E-state index contributed by atoms with van der Waals surface area (Å²) in [6, 6.07) is 0. The van der Waals surface area contributed by atoms with Gasteiger partial charge in [0.05, 0.1) is 16.9 Å². The third-order valence-electron chi connectivity index (χ3n) is 5.48. The Balaban J connectivity index is 1.49. The molecule has 0 aliphatic carbocycles. The highest BCUT2D eigenvalue weighted by atomic mass is 32.1. The highest BCUT2D eigenvalue weighted by molar-refractivity contribution is 7.18. The zero-order valence-electron chi connectivity index (χ0n) is 16.9. The number of nitro groups is 1. The SMILES string of the molecule is Cc1nn(C)c(N2CCN(Cc3nc4sc(C)c(C)c4c(=O)[nH]3)CC2)c1[N+](=O)[O-]. The first kappa shape index (κ1) is 19.5. The maximum Gasteiger partial charge on any atom is 0.333 e. The van der Waals surface area contributed by atoms with Gasteiger partial charge in [0.1, 0.15) is 16.3 Å². The minimum Gasteiger partial charge on any atom is -0.349 e. The van der Waals surface area contributed by atoms with Crippen molar-refractivity contribution in [3.8, 4) is 0 Å². The first-order chi connectivity index (χ1) is 13.8. The molecule has 3 aromatic rings. The summed E-state index contributed by atoms with van der Waals surface area (Å²) < 4.78 is 1.58. The topological polar surface area (TPSA) is 113 Å². The first-order valence-corrected chi connectivity index (χ1v) is 10.2. The Labute approximate surface area is 170 Å². The van der Waals surface area contributed by atoms with Crippen LogP contribution in [0.4, 0.5) is 11.5 Å². The predicted molar refractivity (Wildman–Crippen MR) is 112 cm³/mol. The van der Waals surface area contributed by atoms with E-state index >= 15 is 0 Å². The fraction of sp³-hybridized carbons (Fsp3) is 0.500. The fourth-order valence-corrected chi connectivity index (χ4v) is 4.96. The molecule has 1 fully saturated rings. The van der Waals surface area contributed by atoms with E-state index in [1.54, 1.807) is 30.0 Å². The zero-order valence-corrected chi connectivity index (χ0v) is 17.7. The lowest BCUT2D eigenvalue weighted by Gasteiger charge is -2.35. The molecular weight excluding hydrogens is 394 g/mol. The Bertz CT molecular complexity index is 1150. The highest BCUT2D eigenvalue weighted by Crippen LogP contribution is 2.31. The highest BCUT2D eigenvalue weighted by Gasteiger charge is 2.30. The van der Waals surface area contributed by atoms with Gasteiger partial charge in [-0.15, -0.1) is 11.3 Å². The molecule has 1 aliphatic heterocycles. The lowest BCUT2D eigenvalue weighted by atomic mass is 10.2. The third-order valence-corrected chi connectivity index (χ3v) is 6.58. The Morgan fingerprint density at radius 1 is 1.21 bits per heavy atom. The van der Waals surface area contributed by atoms with Gasteiger partial charge in [-0.25, -0.2) is 9.67 Å². The van der Waals surface area contributed by atoms with E-state index in [1.807, 2.05) is 18.7 Å². The molecule has 0 amide bonds. The maximum absolute atomic E-state index is 12.5. The van der Waals surface area contributed by atoms with Gasteiger partial charge < -0.3 is 9.88 Å². The normalized spacial score (nSPS) is 15.4. The summed E-state index contributed by atoms with van der Waals surface area (Å²) in [4.78, 5) is 37.2. The number of H-pyrrole nitrogens is 1. The van der Waals surface area contributed by atoms with Crippen molar-refractivity contribution in [2.75, 3.05) is 31.1 Å². The van der Waals surface area contributed by atoms with E-state index in [2.05, 4.69) is 20.0 Å². The molecule has 0 spiro atoms. The molecule has 0 saturated carbocycles. The number of anilines is 1. The van der Waals surface area contributed by atoms with Gasteiger partial charge in [-0.2, -0.15) is 5.10 Å². The number of hydrogen-bond acceptors (Lipinski definition) is 8. The standard InChI is InChI=1S/C18H23N7O3S/c1-10-12(3)29-17-14(10)16(26)19-13(20-17)9-23-5-7-24(8-6-23)18-15(25(27)28)11(2)21-22(18)4/h5-9H2,1-4H3,(H,19,20,26). The molecule has 0 radical (unpaired) electrons. The van der Waals surface area contributed by atoms with Crippen molar-refractivity contribution in [1.29, 1.82) is 0 Å². The van der Waals surface area contributed by atoms with Crippen LogP contribution in [0.15, 0.2) is 4.79 Å². The molecule has 10 nitrogen and oxygen atoms in total. The van der Waals surface area contributed by atoms with Crippen LogP contribution in [-0.4, -0.2) is 55.8 Å². The Hall–Kier alpha value is -2.79. The van der Waals surface area contributed by atoms with Crippen LogP contribution in [0.5, 0.6) is 0 Å². The molecule has 0 bridgehead atoms. The minimum absolute atomic E-state index is 0.0702. The second kappa shape index (κ2) is 7.23. The molecule has 154 valence electrons. The van der Waals surface area contributed by atoms with Crippen molar-refractivity contribution < 1.29 is 4.92 Å². The van der Waals surface area contributed by atoms with Gasteiger partial charge in [0.2, 0.25) is 5.82 Å². The average molecular weight is 417 g/mol. The van der Waals surface area contributed by atoms with Crippen LogP contribution in [0.3, 0.4) is 0 Å². The van der Waals surface area contributed by atoms with E-state index < -0.39 is 0 Å². The van der Waals surface area contributed by atoms with Gasteiger partial charge in [0.25, 0.3) is 5.56 Å². The van der Waals surface area contributed by atoms with Crippen molar-refractivity contribution in [2.24, 2.45) is 7.05 Å². The number of nitrogens with zero attached hydrogens (tertiary/aromatic N) is 6. The van der Waals surface area contributed by atoms with E-state index in [9.17, 15) is 14.9 Å².